The molecular weight excluding hydrogens is 354 g/mol. The third kappa shape index (κ3) is 4.38. The van der Waals surface area contributed by atoms with Crippen molar-refractivity contribution in [2.24, 2.45) is 0 Å². The number of esters is 1. The molecule has 3 rings (SSSR count). The topological polar surface area (TPSA) is 63.6 Å². The van der Waals surface area contributed by atoms with Crippen LogP contribution in [0.1, 0.15) is 49.7 Å². The fraction of sp³-hybridized carbons (Fsp3) is 0.455. The summed E-state index contributed by atoms with van der Waals surface area (Å²) in [6, 6.07) is 11.6. The molecular formula is C22H29N3O3. The van der Waals surface area contributed by atoms with Gasteiger partial charge in [0.05, 0.1) is 19.1 Å². The highest BCUT2D eigenvalue weighted by Crippen LogP contribution is 2.31. The van der Waals surface area contributed by atoms with Crippen molar-refractivity contribution in [1.29, 1.82) is 0 Å². The smallest absolute Gasteiger partial charge is 0.322 e. The quantitative estimate of drug-likeness (QED) is 0.757. The van der Waals surface area contributed by atoms with Gasteiger partial charge >= 0.3 is 12.0 Å². The summed E-state index contributed by atoms with van der Waals surface area (Å²) in [6.45, 7) is 7.94. The number of carbonyl (C=O) groups excluding carboxylic acids is 2. The zero-order valence-corrected chi connectivity index (χ0v) is 16.9. The number of benzene rings is 1. The van der Waals surface area contributed by atoms with Gasteiger partial charge in [0.1, 0.15) is 0 Å². The number of aromatic nitrogens is 1. The van der Waals surface area contributed by atoms with Crippen molar-refractivity contribution in [3.8, 4) is 0 Å². The van der Waals surface area contributed by atoms with E-state index in [1.165, 1.54) is 11.4 Å². The van der Waals surface area contributed by atoms with E-state index in [4.69, 9.17) is 4.74 Å². The first kappa shape index (κ1) is 20.0. The van der Waals surface area contributed by atoms with Gasteiger partial charge in [-0.15, -0.1) is 0 Å². The molecule has 1 aromatic carbocycles. The zero-order valence-electron chi connectivity index (χ0n) is 16.9. The number of rotatable bonds is 6. The van der Waals surface area contributed by atoms with Gasteiger partial charge in [0, 0.05) is 30.2 Å². The SMILES string of the molecule is CCC[C@@H]1c2ccc(C)n2CCN1C(=O)Nc1ccc(CC(=O)OCC)cc1. The fourth-order valence-electron chi connectivity index (χ4n) is 3.81. The highest BCUT2D eigenvalue weighted by molar-refractivity contribution is 5.89. The van der Waals surface area contributed by atoms with Crippen molar-refractivity contribution in [1.82, 2.24) is 9.47 Å². The molecule has 2 heterocycles. The van der Waals surface area contributed by atoms with Crippen LogP contribution in [0, 0.1) is 6.92 Å². The van der Waals surface area contributed by atoms with Gasteiger partial charge in [0.2, 0.25) is 0 Å². The van der Waals surface area contributed by atoms with Crippen molar-refractivity contribution >= 4 is 17.7 Å². The van der Waals surface area contributed by atoms with Crippen LogP contribution in [0.5, 0.6) is 0 Å². The average Bonchev–Trinajstić information content (AvgIpc) is 3.05. The predicted octanol–water partition coefficient (Wildman–Crippen LogP) is 4.29. The van der Waals surface area contributed by atoms with Gasteiger partial charge in [0.15, 0.2) is 0 Å². The van der Waals surface area contributed by atoms with Gasteiger partial charge in [0.25, 0.3) is 0 Å². The van der Waals surface area contributed by atoms with E-state index >= 15 is 0 Å². The van der Waals surface area contributed by atoms with Crippen molar-refractivity contribution in [2.45, 2.75) is 52.6 Å². The number of carbonyl (C=O) groups is 2. The van der Waals surface area contributed by atoms with E-state index in [0.717, 1.165) is 30.6 Å². The van der Waals surface area contributed by atoms with Crippen LogP contribution in [0.25, 0.3) is 0 Å². The standard InChI is InChI=1S/C22H29N3O3/c1-4-6-19-20-12-7-16(3)24(20)13-14-25(19)22(27)23-18-10-8-17(9-11-18)15-21(26)28-5-2/h7-12,19H,4-6,13-15H2,1-3H3,(H,23,27)/t19-/m1/s1. The Kier molecular flexibility index (Phi) is 6.39. The number of urea groups is 1. The van der Waals surface area contributed by atoms with Crippen molar-refractivity contribution in [3.05, 3.63) is 53.3 Å². The summed E-state index contributed by atoms with van der Waals surface area (Å²) in [5.41, 5.74) is 4.05. The van der Waals surface area contributed by atoms with Gasteiger partial charge in [-0.1, -0.05) is 25.5 Å². The monoisotopic (exact) mass is 383 g/mol. The van der Waals surface area contributed by atoms with E-state index in [1.54, 1.807) is 6.92 Å². The summed E-state index contributed by atoms with van der Waals surface area (Å²) in [7, 11) is 0. The molecule has 1 aliphatic rings. The minimum Gasteiger partial charge on any atom is -0.466 e. The van der Waals surface area contributed by atoms with Gasteiger partial charge < -0.3 is 19.5 Å². The van der Waals surface area contributed by atoms with Crippen LogP contribution < -0.4 is 5.32 Å². The maximum Gasteiger partial charge on any atom is 0.322 e. The van der Waals surface area contributed by atoms with Crippen LogP contribution in [0.4, 0.5) is 10.5 Å². The van der Waals surface area contributed by atoms with E-state index < -0.39 is 0 Å². The molecule has 2 amide bonds. The van der Waals surface area contributed by atoms with Crippen molar-refractivity contribution < 1.29 is 14.3 Å². The molecule has 2 aromatic rings. The van der Waals surface area contributed by atoms with Crippen LogP contribution in [0.15, 0.2) is 36.4 Å². The zero-order chi connectivity index (χ0) is 20.1. The Hall–Kier alpha value is -2.76. The fourth-order valence-corrected chi connectivity index (χ4v) is 3.81. The molecule has 150 valence electrons. The number of fused-ring (bicyclic) bond motifs is 1. The van der Waals surface area contributed by atoms with Crippen LogP contribution in [0.2, 0.25) is 0 Å². The largest absolute Gasteiger partial charge is 0.466 e. The van der Waals surface area contributed by atoms with Gasteiger partial charge in [-0.3, -0.25) is 4.79 Å². The Morgan fingerprint density at radius 3 is 2.54 bits per heavy atom. The molecule has 1 aromatic heterocycles. The summed E-state index contributed by atoms with van der Waals surface area (Å²) in [4.78, 5) is 26.5. The minimum atomic E-state index is -0.242. The Morgan fingerprint density at radius 1 is 1.11 bits per heavy atom. The van der Waals surface area contributed by atoms with E-state index in [0.29, 0.717) is 13.2 Å². The summed E-state index contributed by atoms with van der Waals surface area (Å²) < 4.78 is 7.28. The molecule has 0 spiro atoms. The van der Waals surface area contributed by atoms with Crippen LogP contribution in [0.3, 0.4) is 0 Å². The van der Waals surface area contributed by atoms with Gasteiger partial charge in [-0.25, -0.2) is 4.79 Å². The second kappa shape index (κ2) is 8.95. The van der Waals surface area contributed by atoms with Crippen molar-refractivity contribution in [2.75, 3.05) is 18.5 Å². The lowest BCUT2D eigenvalue weighted by Gasteiger charge is -2.37. The molecule has 1 aliphatic heterocycles. The average molecular weight is 383 g/mol. The van der Waals surface area contributed by atoms with Gasteiger partial charge in [-0.05, 0) is 50.1 Å². The molecule has 0 unspecified atom stereocenters. The van der Waals surface area contributed by atoms with Crippen LogP contribution in [-0.2, 0) is 22.5 Å². The van der Waals surface area contributed by atoms with Gasteiger partial charge in [-0.2, -0.15) is 0 Å². The number of hydrogen-bond donors (Lipinski definition) is 1. The van der Waals surface area contributed by atoms with Crippen LogP contribution >= 0.6 is 0 Å². The molecule has 0 bridgehead atoms. The Bertz CT molecular complexity index is 826. The molecule has 0 saturated heterocycles. The maximum atomic E-state index is 12.9. The molecule has 1 atom stereocenters. The third-order valence-corrected chi connectivity index (χ3v) is 5.20. The number of nitrogens with zero attached hydrogens (tertiary/aromatic N) is 2. The Morgan fingerprint density at radius 2 is 1.86 bits per heavy atom. The van der Waals surface area contributed by atoms with Crippen LogP contribution in [-0.4, -0.2) is 34.6 Å². The first-order chi connectivity index (χ1) is 13.5. The summed E-state index contributed by atoms with van der Waals surface area (Å²) in [5.74, 6) is -0.242. The first-order valence-corrected chi connectivity index (χ1v) is 10.0. The highest BCUT2D eigenvalue weighted by Gasteiger charge is 2.31. The third-order valence-electron chi connectivity index (χ3n) is 5.20. The molecule has 0 fully saturated rings. The summed E-state index contributed by atoms with van der Waals surface area (Å²) in [6.07, 6.45) is 2.19. The second-order valence-corrected chi connectivity index (χ2v) is 7.16. The first-order valence-electron chi connectivity index (χ1n) is 10.0. The molecule has 6 nitrogen and oxygen atoms in total. The number of ether oxygens (including phenoxy) is 1. The molecule has 0 radical (unpaired) electrons. The van der Waals surface area contributed by atoms with E-state index in [9.17, 15) is 9.59 Å². The summed E-state index contributed by atoms with van der Waals surface area (Å²) in [5, 5.41) is 3.00. The van der Waals surface area contributed by atoms with E-state index in [2.05, 4.69) is 35.9 Å². The molecule has 28 heavy (non-hydrogen) atoms. The lowest BCUT2D eigenvalue weighted by atomic mass is 10.0. The number of anilines is 1. The number of aryl methyl sites for hydroxylation is 1. The normalized spacial score (nSPS) is 15.8. The molecule has 0 aliphatic carbocycles. The van der Waals surface area contributed by atoms with Crippen molar-refractivity contribution in [3.63, 3.8) is 0 Å². The Labute approximate surface area is 166 Å². The minimum absolute atomic E-state index is 0.0818. The Balaban J connectivity index is 1.67. The summed E-state index contributed by atoms with van der Waals surface area (Å²) >= 11 is 0. The molecule has 0 saturated carbocycles. The highest BCUT2D eigenvalue weighted by atomic mass is 16.5. The predicted molar refractivity (Wildman–Crippen MR) is 109 cm³/mol. The van der Waals surface area contributed by atoms with E-state index in [-0.39, 0.29) is 24.5 Å². The molecule has 6 heteroatoms. The number of nitrogens with one attached hydrogen (secondary N) is 1. The molecule has 1 N–H and O–H groups in total. The number of amides is 2. The number of hydrogen-bond acceptors (Lipinski definition) is 3. The lowest BCUT2D eigenvalue weighted by Crippen LogP contribution is -2.44. The van der Waals surface area contributed by atoms with E-state index in [1.807, 2.05) is 29.2 Å². The second-order valence-electron chi connectivity index (χ2n) is 7.16. The maximum absolute atomic E-state index is 12.9. The lowest BCUT2D eigenvalue weighted by molar-refractivity contribution is -0.142.